The standard InChI is InChI=1S/C14H18F2N2O/c1-8(2)13-4-3-5-18(13)14(19)9-6-10(15)11(16)7-12(9)17/h6-8,13H,3-5,17H2,1-2H3. The maximum Gasteiger partial charge on any atom is 0.256 e. The lowest BCUT2D eigenvalue weighted by atomic mass is 10.0. The number of hydrogen-bond donors (Lipinski definition) is 1. The summed E-state index contributed by atoms with van der Waals surface area (Å²) < 4.78 is 26.3. The van der Waals surface area contributed by atoms with E-state index in [9.17, 15) is 13.6 Å². The van der Waals surface area contributed by atoms with E-state index in [-0.39, 0.29) is 23.2 Å². The zero-order chi connectivity index (χ0) is 14.2. The molecule has 0 spiro atoms. The van der Waals surface area contributed by atoms with Crippen LogP contribution in [0, 0.1) is 17.6 Å². The van der Waals surface area contributed by atoms with E-state index >= 15 is 0 Å². The summed E-state index contributed by atoms with van der Waals surface area (Å²) in [6.07, 6.45) is 1.87. The monoisotopic (exact) mass is 268 g/mol. The van der Waals surface area contributed by atoms with Crippen LogP contribution in [0.15, 0.2) is 12.1 Å². The average molecular weight is 268 g/mol. The van der Waals surface area contributed by atoms with Crippen molar-refractivity contribution in [2.45, 2.75) is 32.7 Å². The molecule has 3 nitrogen and oxygen atoms in total. The maximum absolute atomic E-state index is 13.3. The second-order valence-corrected chi connectivity index (χ2v) is 5.31. The molecule has 1 atom stereocenters. The molecular formula is C14H18F2N2O. The molecule has 1 amide bonds. The Labute approximate surface area is 111 Å². The van der Waals surface area contributed by atoms with E-state index in [2.05, 4.69) is 0 Å². The summed E-state index contributed by atoms with van der Waals surface area (Å²) >= 11 is 0. The normalized spacial score (nSPS) is 19.2. The van der Waals surface area contributed by atoms with Gasteiger partial charge >= 0.3 is 0 Å². The van der Waals surface area contributed by atoms with Crippen molar-refractivity contribution in [2.24, 2.45) is 5.92 Å². The highest BCUT2D eigenvalue weighted by Gasteiger charge is 2.32. The molecule has 1 saturated heterocycles. The summed E-state index contributed by atoms with van der Waals surface area (Å²) in [6.45, 7) is 4.73. The Morgan fingerprint density at radius 3 is 2.63 bits per heavy atom. The number of benzene rings is 1. The van der Waals surface area contributed by atoms with E-state index in [1.54, 1.807) is 4.90 Å². The SMILES string of the molecule is CC(C)C1CCCN1C(=O)c1cc(F)c(F)cc1N. The van der Waals surface area contributed by atoms with Gasteiger partial charge in [-0.1, -0.05) is 13.8 Å². The molecule has 1 fully saturated rings. The number of amides is 1. The Bertz CT molecular complexity index is 502. The molecule has 1 aromatic carbocycles. The Morgan fingerprint density at radius 2 is 2.00 bits per heavy atom. The third-order valence-electron chi connectivity index (χ3n) is 3.65. The fourth-order valence-electron chi connectivity index (χ4n) is 2.64. The number of nitrogen functional groups attached to an aromatic ring is 1. The van der Waals surface area contributed by atoms with Crippen LogP contribution >= 0.6 is 0 Å². The van der Waals surface area contributed by atoms with Gasteiger partial charge in [0.15, 0.2) is 11.6 Å². The van der Waals surface area contributed by atoms with Crippen molar-refractivity contribution >= 4 is 11.6 Å². The highest BCUT2D eigenvalue weighted by atomic mass is 19.2. The summed E-state index contributed by atoms with van der Waals surface area (Å²) in [5.74, 6) is -2.06. The lowest BCUT2D eigenvalue weighted by molar-refractivity contribution is 0.0702. The van der Waals surface area contributed by atoms with Gasteiger partial charge in [0.25, 0.3) is 5.91 Å². The predicted molar refractivity (Wildman–Crippen MR) is 69.7 cm³/mol. The molecule has 1 heterocycles. The fraction of sp³-hybridized carbons (Fsp3) is 0.500. The van der Waals surface area contributed by atoms with E-state index < -0.39 is 11.6 Å². The lowest BCUT2D eigenvalue weighted by Gasteiger charge is -2.28. The van der Waals surface area contributed by atoms with Gasteiger partial charge in [-0.3, -0.25) is 4.79 Å². The minimum atomic E-state index is -1.04. The van der Waals surface area contributed by atoms with Crippen molar-refractivity contribution < 1.29 is 13.6 Å². The first kappa shape index (κ1) is 13.8. The highest BCUT2D eigenvalue weighted by Crippen LogP contribution is 2.27. The van der Waals surface area contributed by atoms with Gasteiger partial charge in [-0.2, -0.15) is 0 Å². The van der Waals surface area contributed by atoms with Crippen molar-refractivity contribution in [1.29, 1.82) is 0 Å². The minimum Gasteiger partial charge on any atom is -0.398 e. The molecule has 1 aliphatic rings. The van der Waals surface area contributed by atoms with Crippen molar-refractivity contribution in [2.75, 3.05) is 12.3 Å². The Hall–Kier alpha value is -1.65. The molecule has 1 aliphatic heterocycles. The average Bonchev–Trinajstić information content (AvgIpc) is 2.82. The van der Waals surface area contributed by atoms with Gasteiger partial charge in [-0.25, -0.2) is 8.78 Å². The molecule has 1 aromatic rings. The Kier molecular flexibility index (Phi) is 3.73. The molecule has 0 aromatic heterocycles. The number of nitrogens with zero attached hydrogens (tertiary/aromatic N) is 1. The van der Waals surface area contributed by atoms with E-state index in [0.717, 1.165) is 25.0 Å². The zero-order valence-corrected chi connectivity index (χ0v) is 11.1. The number of carbonyl (C=O) groups excluding carboxylic acids is 1. The van der Waals surface area contributed by atoms with Gasteiger partial charge in [-0.05, 0) is 24.8 Å². The minimum absolute atomic E-state index is 0.0155. The number of nitrogens with two attached hydrogens (primary N) is 1. The largest absolute Gasteiger partial charge is 0.398 e. The molecular weight excluding hydrogens is 250 g/mol. The third kappa shape index (κ3) is 2.55. The number of carbonyl (C=O) groups is 1. The maximum atomic E-state index is 13.3. The number of anilines is 1. The van der Waals surface area contributed by atoms with Gasteiger partial charge in [0, 0.05) is 24.3 Å². The smallest absolute Gasteiger partial charge is 0.256 e. The van der Waals surface area contributed by atoms with Crippen LogP contribution in [0.2, 0.25) is 0 Å². The van der Waals surface area contributed by atoms with E-state index in [1.165, 1.54) is 0 Å². The van der Waals surface area contributed by atoms with Crippen molar-refractivity contribution in [3.05, 3.63) is 29.3 Å². The summed E-state index contributed by atoms with van der Waals surface area (Å²) in [6, 6.07) is 1.89. The van der Waals surface area contributed by atoms with Crippen molar-refractivity contribution in [3.8, 4) is 0 Å². The van der Waals surface area contributed by atoms with Gasteiger partial charge in [-0.15, -0.1) is 0 Å². The van der Waals surface area contributed by atoms with Crippen LogP contribution < -0.4 is 5.73 Å². The quantitative estimate of drug-likeness (QED) is 0.838. The number of likely N-dealkylation sites (tertiary alicyclic amines) is 1. The molecule has 104 valence electrons. The van der Waals surface area contributed by atoms with Crippen LogP contribution in [-0.2, 0) is 0 Å². The number of hydrogen-bond acceptors (Lipinski definition) is 2. The van der Waals surface area contributed by atoms with Gasteiger partial charge in [0.05, 0.1) is 5.56 Å². The zero-order valence-electron chi connectivity index (χ0n) is 11.1. The molecule has 0 bridgehead atoms. The molecule has 1 unspecified atom stereocenters. The van der Waals surface area contributed by atoms with Crippen LogP contribution in [0.3, 0.4) is 0 Å². The third-order valence-corrected chi connectivity index (χ3v) is 3.65. The Balaban J connectivity index is 2.32. The number of rotatable bonds is 2. The van der Waals surface area contributed by atoms with Crippen molar-refractivity contribution in [1.82, 2.24) is 4.90 Å². The van der Waals surface area contributed by atoms with Crippen LogP contribution in [-0.4, -0.2) is 23.4 Å². The summed E-state index contributed by atoms with van der Waals surface area (Å²) in [5.41, 5.74) is 5.66. The summed E-state index contributed by atoms with van der Waals surface area (Å²) in [7, 11) is 0. The van der Waals surface area contributed by atoms with Gasteiger partial charge in [0.1, 0.15) is 0 Å². The topological polar surface area (TPSA) is 46.3 Å². The van der Waals surface area contributed by atoms with E-state index in [0.29, 0.717) is 12.5 Å². The van der Waals surface area contributed by atoms with Crippen LogP contribution in [0.1, 0.15) is 37.0 Å². The summed E-state index contributed by atoms with van der Waals surface area (Å²) in [5, 5.41) is 0. The second-order valence-electron chi connectivity index (χ2n) is 5.31. The van der Waals surface area contributed by atoms with Crippen LogP contribution in [0.4, 0.5) is 14.5 Å². The first-order valence-electron chi connectivity index (χ1n) is 6.47. The predicted octanol–water partition coefficient (Wildman–Crippen LogP) is 2.81. The molecule has 0 aliphatic carbocycles. The molecule has 19 heavy (non-hydrogen) atoms. The van der Waals surface area contributed by atoms with Gasteiger partial charge in [0.2, 0.25) is 0 Å². The lowest BCUT2D eigenvalue weighted by Crippen LogP contribution is -2.38. The highest BCUT2D eigenvalue weighted by molar-refractivity contribution is 5.99. The second kappa shape index (κ2) is 5.15. The van der Waals surface area contributed by atoms with E-state index in [1.807, 2.05) is 13.8 Å². The van der Waals surface area contributed by atoms with Crippen molar-refractivity contribution in [3.63, 3.8) is 0 Å². The molecule has 2 N–H and O–H groups in total. The van der Waals surface area contributed by atoms with Gasteiger partial charge < -0.3 is 10.6 Å². The molecule has 0 radical (unpaired) electrons. The van der Waals surface area contributed by atoms with Crippen LogP contribution in [0.25, 0.3) is 0 Å². The molecule has 5 heteroatoms. The first-order valence-corrected chi connectivity index (χ1v) is 6.47. The fourth-order valence-corrected chi connectivity index (χ4v) is 2.64. The number of halogens is 2. The molecule has 2 rings (SSSR count). The summed E-state index contributed by atoms with van der Waals surface area (Å²) in [4.78, 5) is 14.1. The molecule has 0 saturated carbocycles. The Morgan fingerprint density at radius 1 is 1.37 bits per heavy atom. The first-order chi connectivity index (χ1) is 8.91. The van der Waals surface area contributed by atoms with Crippen LogP contribution in [0.5, 0.6) is 0 Å². The van der Waals surface area contributed by atoms with E-state index in [4.69, 9.17) is 5.73 Å².